The van der Waals surface area contributed by atoms with E-state index in [2.05, 4.69) is 0 Å². The van der Waals surface area contributed by atoms with Crippen molar-refractivity contribution < 1.29 is 18.7 Å². The normalized spacial score (nSPS) is 9.94. The topological polar surface area (TPSA) is 56.5 Å². The van der Waals surface area contributed by atoms with Crippen molar-refractivity contribution >= 4 is 35.3 Å². The third-order valence-electron chi connectivity index (χ3n) is 2.03. The Morgan fingerprint density at radius 3 is 2.44 bits per heavy atom. The van der Waals surface area contributed by atoms with Crippen LogP contribution in [0.25, 0.3) is 0 Å². The summed E-state index contributed by atoms with van der Waals surface area (Å²) in [6, 6.07) is 3.13. The minimum atomic E-state index is -0.613. The highest BCUT2D eigenvalue weighted by molar-refractivity contribution is 8.21. The van der Waals surface area contributed by atoms with Gasteiger partial charge in [0, 0.05) is 0 Å². The number of esters is 1. The molecule has 0 fully saturated rings. The predicted molar refractivity (Wildman–Crippen MR) is 73.7 cm³/mol. The lowest BCUT2D eigenvalue weighted by Crippen LogP contribution is -2.17. The molecule has 4 nitrogen and oxygen atoms in total. The maximum absolute atomic E-state index is 12.2. The molecule has 0 amide bonds. The van der Waals surface area contributed by atoms with Gasteiger partial charge >= 0.3 is 5.97 Å². The average Bonchev–Trinajstić information content (AvgIpc) is 2.89. The minimum Gasteiger partial charge on any atom is -0.462 e. The molecule has 0 unspecified atom stereocenters. The van der Waals surface area contributed by atoms with Crippen LogP contribution in [0, 0.1) is 0 Å². The van der Waals surface area contributed by atoms with Gasteiger partial charge in [0.25, 0.3) is 0 Å². The SMILES string of the molecule is CCOC(=O)C(C(=O)c1ccco1)=C(SC)SC. The van der Waals surface area contributed by atoms with E-state index in [1.807, 2.05) is 0 Å². The zero-order valence-electron chi connectivity index (χ0n) is 10.4. The Morgan fingerprint density at radius 2 is 2.00 bits per heavy atom. The molecule has 1 aromatic heterocycles. The number of hydrogen-bond acceptors (Lipinski definition) is 6. The number of furan rings is 1. The molecule has 0 aliphatic carbocycles. The molecule has 0 radical (unpaired) electrons. The van der Waals surface area contributed by atoms with Gasteiger partial charge < -0.3 is 9.15 Å². The molecule has 0 spiro atoms. The molecule has 0 atom stereocenters. The third-order valence-corrected chi connectivity index (χ3v) is 4.18. The Kier molecular flexibility index (Phi) is 6.07. The molecule has 18 heavy (non-hydrogen) atoms. The molecule has 1 rings (SSSR count). The van der Waals surface area contributed by atoms with E-state index >= 15 is 0 Å². The molecule has 0 aliphatic rings. The van der Waals surface area contributed by atoms with E-state index in [1.165, 1.54) is 35.9 Å². The summed E-state index contributed by atoms with van der Waals surface area (Å²) in [5, 5.41) is 0. The molecule has 1 aromatic rings. The maximum Gasteiger partial charge on any atom is 0.343 e. The van der Waals surface area contributed by atoms with Crippen molar-refractivity contribution in [3.63, 3.8) is 0 Å². The number of Topliss-reactive ketones (excluding diaryl/α,β-unsaturated/α-hetero) is 1. The predicted octanol–water partition coefficient (Wildman–Crippen LogP) is 2.96. The maximum atomic E-state index is 12.2. The van der Waals surface area contributed by atoms with Crippen LogP contribution in [0.5, 0.6) is 0 Å². The standard InChI is InChI=1S/C12H14O4S2/c1-4-15-11(14)9(12(17-2)18-3)10(13)8-6-5-7-16-8/h5-7H,4H2,1-3H3. The van der Waals surface area contributed by atoms with Gasteiger partial charge in [0.1, 0.15) is 5.57 Å². The van der Waals surface area contributed by atoms with Crippen LogP contribution >= 0.6 is 23.5 Å². The Balaban J connectivity index is 3.17. The second-order valence-corrected chi connectivity index (χ2v) is 4.99. The summed E-state index contributed by atoms with van der Waals surface area (Å²) in [4.78, 5) is 24.1. The van der Waals surface area contributed by atoms with Crippen LogP contribution in [0.3, 0.4) is 0 Å². The van der Waals surface area contributed by atoms with Crippen molar-refractivity contribution in [2.45, 2.75) is 6.92 Å². The summed E-state index contributed by atoms with van der Waals surface area (Å²) in [5.74, 6) is -0.923. The Hall–Kier alpha value is -1.14. The number of thioether (sulfide) groups is 2. The second kappa shape index (κ2) is 7.33. The molecule has 0 saturated carbocycles. The fourth-order valence-corrected chi connectivity index (χ4v) is 2.72. The highest BCUT2D eigenvalue weighted by Gasteiger charge is 2.27. The lowest BCUT2D eigenvalue weighted by molar-refractivity contribution is -0.138. The summed E-state index contributed by atoms with van der Waals surface area (Å²) in [6.45, 7) is 1.93. The van der Waals surface area contributed by atoms with Crippen LogP contribution in [0.15, 0.2) is 32.6 Å². The second-order valence-electron chi connectivity index (χ2n) is 3.10. The molecule has 0 aliphatic heterocycles. The first-order valence-electron chi connectivity index (χ1n) is 5.23. The first kappa shape index (κ1) is 14.9. The van der Waals surface area contributed by atoms with Gasteiger partial charge in [-0.25, -0.2) is 4.79 Å². The van der Waals surface area contributed by atoms with E-state index in [-0.39, 0.29) is 17.9 Å². The quantitative estimate of drug-likeness (QED) is 0.263. The number of carbonyl (C=O) groups excluding carboxylic acids is 2. The molecular formula is C12H14O4S2. The third kappa shape index (κ3) is 3.43. The largest absolute Gasteiger partial charge is 0.462 e. The molecule has 98 valence electrons. The van der Waals surface area contributed by atoms with E-state index in [4.69, 9.17) is 9.15 Å². The number of carbonyl (C=O) groups is 2. The first-order chi connectivity index (χ1) is 8.65. The van der Waals surface area contributed by atoms with Gasteiger partial charge in [-0.1, -0.05) is 0 Å². The van der Waals surface area contributed by atoms with E-state index < -0.39 is 11.8 Å². The monoisotopic (exact) mass is 286 g/mol. The molecule has 0 saturated heterocycles. The van der Waals surface area contributed by atoms with E-state index in [1.54, 1.807) is 25.5 Å². The van der Waals surface area contributed by atoms with Gasteiger partial charge in [-0.2, -0.15) is 0 Å². The summed E-state index contributed by atoms with van der Waals surface area (Å²) >= 11 is 2.67. The molecule has 1 heterocycles. The summed E-state index contributed by atoms with van der Waals surface area (Å²) in [5.41, 5.74) is 0.0341. The molecule has 0 bridgehead atoms. The number of rotatable bonds is 6. The van der Waals surface area contributed by atoms with Gasteiger partial charge in [0.2, 0.25) is 5.78 Å². The zero-order chi connectivity index (χ0) is 13.5. The first-order valence-corrected chi connectivity index (χ1v) is 7.68. The Bertz CT molecular complexity index is 443. The van der Waals surface area contributed by atoms with Crippen LogP contribution in [0.2, 0.25) is 0 Å². The van der Waals surface area contributed by atoms with Crippen molar-refractivity contribution in [2.75, 3.05) is 19.1 Å². The summed E-state index contributed by atoms with van der Waals surface area (Å²) in [7, 11) is 0. The smallest absolute Gasteiger partial charge is 0.343 e. The van der Waals surface area contributed by atoms with Crippen LogP contribution in [-0.4, -0.2) is 30.9 Å². The number of ketones is 1. The van der Waals surface area contributed by atoms with Crippen molar-refractivity contribution in [1.82, 2.24) is 0 Å². The van der Waals surface area contributed by atoms with E-state index in [9.17, 15) is 9.59 Å². The average molecular weight is 286 g/mol. The van der Waals surface area contributed by atoms with Crippen LogP contribution < -0.4 is 0 Å². The van der Waals surface area contributed by atoms with Gasteiger partial charge in [-0.15, -0.1) is 23.5 Å². The Morgan fingerprint density at radius 1 is 1.33 bits per heavy atom. The lowest BCUT2D eigenvalue weighted by Gasteiger charge is -2.08. The van der Waals surface area contributed by atoms with Crippen LogP contribution in [0.4, 0.5) is 0 Å². The highest BCUT2D eigenvalue weighted by atomic mass is 32.2. The van der Waals surface area contributed by atoms with Crippen LogP contribution in [0.1, 0.15) is 17.5 Å². The van der Waals surface area contributed by atoms with Crippen molar-refractivity contribution in [3.05, 3.63) is 34.0 Å². The molecule has 6 heteroatoms. The zero-order valence-corrected chi connectivity index (χ0v) is 12.0. The summed E-state index contributed by atoms with van der Waals surface area (Å²) < 4.78 is 10.6. The summed E-state index contributed by atoms with van der Waals surface area (Å²) in [6.07, 6.45) is 5.01. The van der Waals surface area contributed by atoms with Crippen molar-refractivity contribution in [3.8, 4) is 0 Å². The fraction of sp³-hybridized carbons (Fsp3) is 0.333. The fourth-order valence-electron chi connectivity index (χ4n) is 1.29. The van der Waals surface area contributed by atoms with Gasteiger partial charge in [0.05, 0.1) is 17.1 Å². The van der Waals surface area contributed by atoms with E-state index in [0.29, 0.717) is 4.24 Å². The molecule has 0 aromatic carbocycles. The van der Waals surface area contributed by atoms with Crippen LogP contribution in [-0.2, 0) is 9.53 Å². The van der Waals surface area contributed by atoms with Gasteiger partial charge in [0.15, 0.2) is 5.76 Å². The number of hydrogen-bond donors (Lipinski definition) is 0. The number of ether oxygens (including phenoxy) is 1. The van der Waals surface area contributed by atoms with Gasteiger partial charge in [-0.05, 0) is 31.6 Å². The molecule has 0 N–H and O–H groups in total. The van der Waals surface area contributed by atoms with Crippen molar-refractivity contribution in [2.24, 2.45) is 0 Å². The Labute approximate surface area is 114 Å². The van der Waals surface area contributed by atoms with Crippen molar-refractivity contribution in [1.29, 1.82) is 0 Å². The highest BCUT2D eigenvalue weighted by Crippen LogP contribution is 2.30. The lowest BCUT2D eigenvalue weighted by atomic mass is 10.1. The van der Waals surface area contributed by atoms with E-state index in [0.717, 1.165) is 0 Å². The van der Waals surface area contributed by atoms with Gasteiger partial charge in [-0.3, -0.25) is 4.79 Å². The molecular weight excluding hydrogens is 272 g/mol. The minimum absolute atomic E-state index is 0.0341.